The molecule has 5 heteroatoms. The van der Waals surface area contributed by atoms with E-state index in [1.807, 2.05) is 31.2 Å². The van der Waals surface area contributed by atoms with Crippen molar-refractivity contribution >= 4 is 11.7 Å². The first kappa shape index (κ1) is 15.6. The van der Waals surface area contributed by atoms with Crippen LogP contribution in [0.4, 0.5) is 10.5 Å². The zero-order chi connectivity index (χ0) is 15.1. The van der Waals surface area contributed by atoms with Crippen LogP contribution >= 0.6 is 0 Å². The molecule has 0 bridgehead atoms. The number of methoxy groups -OCH3 is 1. The highest BCUT2D eigenvalue weighted by Gasteiger charge is 2.37. The normalized spacial score (nSPS) is 15.9. The molecule has 0 spiro atoms. The van der Waals surface area contributed by atoms with Crippen LogP contribution in [0.5, 0.6) is 5.75 Å². The summed E-state index contributed by atoms with van der Waals surface area (Å²) in [7, 11) is 1.62. The van der Waals surface area contributed by atoms with Crippen molar-refractivity contribution in [2.75, 3.05) is 32.2 Å². The van der Waals surface area contributed by atoms with Crippen LogP contribution in [0.15, 0.2) is 24.3 Å². The Labute approximate surface area is 126 Å². The summed E-state index contributed by atoms with van der Waals surface area (Å²) >= 11 is 0. The number of amides is 2. The first-order valence-electron chi connectivity index (χ1n) is 7.44. The van der Waals surface area contributed by atoms with E-state index in [9.17, 15) is 4.79 Å². The molecule has 0 unspecified atom stereocenters. The maximum atomic E-state index is 11.9. The number of carbonyl (C=O) groups is 1. The number of hydrogen-bond donors (Lipinski definition) is 2. The van der Waals surface area contributed by atoms with Gasteiger partial charge in [0.2, 0.25) is 0 Å². The van der Waals surface area contributed by atoms with E-state index >= 15 is 0 Å². The number of rotatable bonds is 7. The smallest absolute Gasteiger partial charge is 0.319 e. The van der Waals surface area contributed by atoms with Gasteiger partial charge in [-0.05, 0) is 44.0 Å². The molecule has 2 amide bonds. The van der Waals surface area contributed by atoms with Crippen LogP contribution in [0.3, 0.4) is 0 Å². The maximum absolute atomic E-state index is 11.9. The zero-order valence-electron chi connectivity index (χ0n) is 12.8. The third-order valence-electron chi connectivity index (χ3n) is 4.00. The molecule has 0 saturated heterocycles. The van der Waals surface area contributed by atoms with E-state index in [2.05, 4.69) is 10.6 Å². The van der Waals surface area contributed by atoms with Crippen molar-refractivity contribution in [3.8, 4) is 5.75 Å². The Kier molecular flexibility index (Phi) is 5.44. The summed E-state index contributed by atoms with van der Waals surface area (Å²) in [6, 6.07) is 7.09. The van der Waals surface area contributed by atoms with Gasteiger partial charge in [0.05, 0.1) is 13.7 Å². The Morgan fingerprint density at radius 2 is 2.00 bits per heavy atom. The van der Waals surface area contributed by atoms with Crippen molar-refractivity contribution in [2.45, 2.75) is 26.2 Å². The summed E-state index contributed by atoms with van der Waals surface area (Å²) in [5.74, 6) is 0.770. The van der Waals surface area contributed by atoms with Gasteiger partial charge in [-0.15, -0.1) is 0 Å². The van der Waals surface area contributed by atoms with Crippen molar-refractivity contribution in [3.63, 3.8) is 0 Å². The van der Waals surface area contributed by atoms with E-state index in [0.717, 1.165) is 37.5 Å². The minimum absolute atomic E-state index is 0.132. The van der Waals surface area contributed by atoms with Crippen molar-refractivity contribution in [2.24, 2.45) is 5.41 Å². The molecule has 0 heterocycles. The molecule has 1 aliphatic carbocycles. The first-order chi connectivity index (χ1) is 10.2. The van der Waals surface area contributed by atoms with Crippen LogP contribution in [-0.2, 0) is 4.74 Å². The van der Waals surface area contributed by atoms with Gasteiger partial charge in [0, 0.05) is 24.3 Å². The van der Waals surface area contributed by atoms with Gasteiger partial charge in [-0.1, -0.05) is 6.42 Å². The third-order valence-corrected chi connectivity index (χ3v) is 4.00. The predicted molar refractivity (Wildman–Crippen MR) is 82.8 cm³/mol. The van der Waals surface area contributed by atoms with Gasteiger partial charge in [0.15, 0.2) is 0 Å². The van der Waals surface area contributed by atoms with E-state index in [0.29, 0.717) is 6.54 Å². The van der Waals surface area contributed by atoms with Gasteiger partial charge in [-0.25, -0.2) is 4.79 Å². The largest absolute Gasteiger partial charge is 0.497 e. The highest BCUT2D eigenvalue weighted by molar-refractivity contribution is 5.89. The van der Waals surface area contributed by atoms with E-state index in [1.54, 1.807) is 7.11 Å². The summed E-state index contributed by atoms with van der Waals surface area (Å²) in [6.45, 7) is 4.11. The number of nitrogens with one attached hydrogen (secondary N) is 2. The number of benzene rings is 1. The fourth-order valence-electron chi connectivity index (χ4n) is 2.48. The quantitative estimate of drug-likeness (QED) is 0.812. The van der Waals surface area contributed by atoms with Gasteiger partial charge in [0.25, 0.3) is 0 Å². The second-order valence-electron chi connectivity index (χ2n) is 5.53. The standard InChI is InChI=1S/C16H24N2O3/c1-3-21-12-16(9-4-10-16)11-17-15(19)18-13-5-7-14(20-2)8-6-13/h5-8H,3-4,9-12H2,1-2H3,(H2,17,18,19). The van der Waals surface area contributed by atoms with E-state index in [-0.39, 0.29) is 11.4 Å². The molecule has 0 radical (unpaired) electrons. The molecule has 1 aromatic carbocycles. The monoisotopic (exact) mass is 292 g/mol. The van der Waals surface area contributed by atoms with Crippen molar-refractivity contribution < 1.29 is 14.3 Å². The average molecular weight is 292 g/mol. The predicted octanol–water partition coefficient (Wildman–Crippen LogP) is 3.02. The van der Waals surface area contributed by atoms with Crippen LogP contribution in [0.2, 0.25) is 0 Å². The number of hydrogen-bond acceptors (Lipinski definition) is 3. The van der Waals surface area contributed by atoms with Crippen LogP contribution in [-0.4, -0.2) is 32.9 Å². The lowest BCUT2D eigenvalue weighted by molar-refractivity contribution is 0.00132. The van der Waals surface area contributed by atoms with Gasteiger partial charge in [-0.3, -0.25) is 0 Å². The van der Waals surface area contributed by atoms with Gasteiger partial charge >= 0.3 is 6.03 Å². The SMILES string of the molecule is CCOCC1(CNC(=O)Nc2ccc(OC)cc2)CCC1. The zero-order valence-corrected chi connectivity index (χ0v) is 12.8. The molecule has 2 N–H and O–H groups in total. The molecule has 2 rings (SSSR count). The van der Waals surface area contributed by atoms with Crippen molar-refractivity contribution in [1.29, 1.82) is 0 Å². The lowest BCUT2D eigenvalue weighted by atomic mass is 9.69. The lowest BCUT2D eigenvalue weighted by Gasteiger charge is -2.41. The molecule has 1 aromatic rings. The topological polar surface area (TPSA) is 59.6 Å². The van der Waals surface area contributed by atoms with E-state index in [4.69, 9.17) is 9.47 Å². The Balaban J connectivity index is 1.78. The Morgan fingerprint density at radius 1 is 1.29 bits per heavy atom. The summed E-state index contributed by atoms with van der Waals surface area (Å²) in [4.78, 5) is 11.9. The van der Waals surface area contributed by atoms with Crippen molar-refractivity contribution in [1.82, 2.24) is 5.32 Å². The van der Waals surface area contributed by atoms with Crippen LogP contribution in [0.1, 0.15) is 26.2 Å². The average Bonchev–Trinajstić information content (AvgIpc) is 2.46. The van der Waals surface area contributed by atoms with Gasteiger partial charge < -0.3 is 20.1 Å². The molecule has 1 aliphatic rings. The van der Waals surface area contributed by atoms with Gasteiger partial charge in [-0.2, -0.15) is 0 Å². The Bertz CT molecular complexity index is 455. The van der Waals surface area contributed by atoms with Crippen LogP contribution in [0.25, 0.3) is 0 Å². The van der Waals surface area contributed by atoms with E-state index < -0.39 is 0 Å². The Hall–Kier alpha value is -1.75. The lowest BCUT2D eigenvalue weighted by Crippen LogP contribution is -2.46. The second-order valence-corrected chi connectivity index (χ2v) is 5.53. The summed E-state index contributed by atoms with van der Waals surface area (Å²) < 4.78 is 10.6. The minimum Gasteiger partial charge on any atom is -0.497 e. The van der Waals surface area contributed by atoms with Crippen LogP contribution in [0, 0.1) is 5.41 Å². The van der Waals surface area contributed by atoms with Crippen LogP contribution < -0.4 is 15.4 Å². The second kappa shape index (κ2) is 7.31. The number of ether oxygens (including phenoxy) is 2. The number of anilines is 1. The van der Waals surface area contributed by atoms with Gasteiger partial charge in [0.1, 0.15) is 5.75 Å². The Morgan fingerprint density at radius 3 is 2.52 bits per heavy atom. The number of urea groups is 1. The molecule has 5 nitrogen and oxygen atoms in total. The molecule has 0 aromatic heterocycles. The highest BCUT2D eigenvalue weighted by Crippen LogP contribution is 2.40. The molecule has 1 saturated carbocycles. The molecule has 0 atom stereocenters. The summed E-state index contributed by atoms with van der Waals surface area (Å²) in [6.07, 6.45) is 3.46. The fraction of sp³-hybridized carbons (Fsp3) is 0.562. The molecular formula is C16H24N2O3. The third kappa shape index (κ3) is 4.36. The number of carbonyl (C=O) groups excluding carboxylic acids is 1. The summed E-state index contributed by atoms with van der Waals surface area (Å²) in [5.41, 5.74) is 0.883. The molecular weight excluding hydrogens is 268 g/mol. The minimum atomic E-state index is -0.178. The molecule has 0 aliphatic heterocycles. The van der Waals surface area contributed by atoms with E-state index in [1.165, 1.54) is 6.42 Å². The summed E-state index contributed by atoms with van der Waals surface area (Å²) in [5, 5.41) is 5.77. The molecule has 21 heavy (non-hydrogen) atoms. The maximum Gasteiger partial charge on any atom is 0.319 e. The molecule has 116 valence electrons. The first-order valence-corrected chi connectivity index (χ1v) is 7.44. The van der Waals surface area contributed by atoms with Crippen molar-refractivity contribution in [3.05, 3.63) is 24.3 Å². The fourth-order valence-corrected chi connectivity index (χ4v) is 2.48. The highest BCUT2D eigenvalue weighted by atomic mass is 16.5. The molecule has 1 fully saturated rings.